The molecule has 1 aromatic carbocycles. The first kappa shape index (κ1) is 10.4. The number of rotatable bonds is 3. The summed E-state index contributed by atoms with van der Waals surface area (Å²) in [7, 11) is 1.61. The van der Waals surface area contributed by atoms with Crippen LogP contribution in [0.25, 0.3) is 10.1 Å². The van der Waals surface area contributed by atoms with Crippen molar-refractivity contribution in [3.8, 4) is 5.75 Å². The Bertz CT molecular complexity index is 476. The molecule has 0 amide bonds. The number of aliphatic hydroxyl groups excluding tert-OH is 2. The van der Waals surface area contributed by atoms with Crippen LogP contribution in [0.1, 0.15) is 10.4 Å². The SMILES string of the molecule is COc1cc(CO)cc2cc(CO)sc12. The maximum Gasteiger partial charge on any atom is 0.137 e. The maximum absolute atomic E-state index is 9.08. The third-order valence-electron chi connectivity index (χ3n) is 2.25. The Kier molecular flexibility index (Phi) is 2.90. The van der Waals surface area contributed by atoms with Crippen LogP contribution in [0, 0.1) is 0 Å². The van der Waals surface area contributed by atoms with Crippen LogP contribution in [-0.4, -0.2) is 17.3 Å². The molecule has 0 saturated carbocycles. The van der Waals surface area contributed by atoms with Crippen molar-refractivity contribution in [3.05, 3.63) is 28.6 Å². The Balaban J connectivity index is 2.66. The lowest BCUT2D eigenvalue weighted by Crippen LogP contribution is -1.87. The first-order valence-electron chi connectivity index (χ1n) is 4.59. The second kappa shape index (κ2) is 4.18. The van der Waals surface area contributed by atoms with Gasteiger partial charge in [-0.15, -0.1) is 11.3 Å². The smallest absolute Gasteiger partial charge is 0.137 e. The molecule has 3 nitrogen and oxygen atoms in total. The van der Waals surface area contributed by atoms with Crippen LogP contribution in [0.5, 0.6) is 5.75 Å². The van der Waals surface area contributed by atoms with Gasteiger partial charge in [-0.3, -0.25) is 0 Å². The minimum Gasteiger partial charge on any atom is -0.495 e. The van der Waals surface area contributed by atoms with Gasteiger partial charge in [0.15, 0.2) is 0 Å². The molecule has 15 heavy (non-hydrogen) atoms. The Morgan fingerprint density at radius 2 is 2.00 bits per heavy atom. The predicted octanol–water partition coefficient (Wildman–Crippen LogP) is 1.89. The van der Waals surface area contributed by atoms with E-state index >= 15 is 0 Å². The molecular formula is C11H12O3S. The van der Waals surface area contributed by atoms with Gasteiger partial charge in [-0.25, -0.2) is 0 Å². The lowest BCUT2D eigenvalue weighted by molar-refractivity contribution is 0.281. The van der Waals surface area contributed by atoms with Crippen molar-refractivity contribution >= 4 is 21.4 Å². The molecule has 0 spiro atoms. The average Bonchev–Trinajstić information content (AvgIpc) is 2.70. The normalized spacial score (nSPS) is 10.9. The minimum atomic E-state index is -0.00337. The van der Waals surface area contributed by atoms with Crippen LogP contribution in [-0.2, 0) is 13.2 Å². The average molecular weight is 224 g/mol. The number of benzene rings is 1. The van der Waals surface area contributed by atoms with E-state index in [2.05, 4.69) is 0 Å². The van der Waals surface area contributed by atoms with Gasteiger partial charge in [-0.05, 0) is 29.1 Å². The number of hydrogen-bond acceptors (Lipinski definition) is 4. The Morgan fingerprint density at radius 1 is 1.20 bits per heavy atom. The predicted molar refractivity (Wildman–Crippen MR) is 60.2 cm³/mol. The fraction of sp³-hybridized carbons (Fsp3) is 0.273. The molecule has 0 aliphatic rings. The molecule has 0 saturated heterocycles. The van der Waals surface area contributed by atoms with Crippen LogP contribution in [0.3, 0.4) is 0 Å². The van der Waals surface area contributed by atoms with E-state index in [1.165, 1.54) is 11.3 Å². The highest BCUT2D eigenvalue weighted by Gasteiger charge is 2.08. The van der Waals surface area contributed by atoms with Crippen molar-refractivity contribution in [2.45, 2.75) is 13.2 Å². The maximum atomic E-state index is 9.08. The molecule has 0 aliphatic heterocycles. The largest absolute Gasteiger partial charge is 0.495 e. The molecule has 1 heterocycles. The molecular weight excluding hydrogens is 212 g/mol. The third kappa shape index (κ3) is 1.84. The molecule has 80 valence electrons. The molecule has 0 fully saturated rings. The summed E-state index contributed by atoms with van der Waals surface area (Å²) in [6.45, 7) is 0.0353. The zero-order chi connectivity index (χ0) is 10.8. The van der Waals surface area contributed by atoms with Crippen LogP contribution in [0.4, 0.5) is 0 Å². The second-order valence-corrected chi connectivity index (χ2v) is 4.38. The van der Waals surface area contributed by atoms with Gasteiger partial charge < -0.3 is 14.9 Å². The molecule has 1 aromatic heterocycles. The van der Waals surface area contributed by atoms with Gasteiger partial charge in [0.25, 0.3) is 0 Å². The summed E-state index contributed by atoms with van der Waals surface area (Å²) in [6, 6.07) is 5.65. The van der Waals surface area contributed by atoms with E-state index in [4.69, 9.17) is 14.9 Å². The van der Waals surface area contributed by atoms with E-state index in [9.17, 15) is 0 Å². The van der Waals surface area contributed by atoms with Crippen LogP contribution in [0.2, 0.25) is 0 Å². The van der Waals surface area contributed by atoms with Gasteiger partial charge >= 0.3 is 0 Å². The third-order valence-corrected chi connectivity index (χ3v) is 3.40. The Hall–Kier alpha value is -1.10. The Labute approximate surface area is 91.6 Å². The molecule has 2 N–H and O–H groups in total. The molecule has 0 bridgehead atoms. The highest BCUT2D eigenvalue weighted by atomic mass is 32.1. The van der Waals surface area contributed by atoms with Crippen molar-refractivity contribution in [1.82, 2.24) is 0 Å². The number of hydrogen-bond donors (Lipinski definition) is 2. The van der Waals surface area contributed by atoms with Crippen molar-refractivity contribution in [1.29, 1.82) is 0 Å². The standard InChI is InChI=1S/C11H12O3S/c1-14-10-3-7(5-12)2-8-4-9(6-13)15-11(8)10/h2-4,12-13H,5-6H2,1H3. The number of fused-ring (bicyclic) bond motifs is 1. The zero-order valence-corrected chi connectivity index (χ0v) is 9.17. The molecule has 4 heteroatoms. The first-order valence-corrected chi connectivity index (χ1v) is 5.41. The molecule has 0 atom stereocenters. The van der Waals surface area contributed by atoms with Crippen molar-refractivity contribution in [2.24, 2.45) is 0 Å². The van der Waals surface area contributed by atoms with E-state index in [0.29, 0.717) is 0 Å². The van der Waals surface area contributed by atoms with E-state index in [1.807, 2.05) is 18.2 Å². The van der Waals surface area contributed by atoms with Gasteiger partial charge in [-0.1, -0.05) is 0 Å². The van der Waals surface area contributed by atoms with Crippen molar-refractivity contribution in [3.63, 3.8) is 0 Å². The number of aliphatic hydroxyl groups is 2. The van der Waals surface area contributed by atoms with Gasteiger partial charge in [0, 0.05) is 4.88 Å². The van der Waals surface area contributed by atoms with E-state index < -0.39 is 0 Å². The quantitative estimate of drug-likeness (QED) is 0.837. The van der Waals surface area contributed by atoms with Crippen LogP contribution < -0.4 is 4.74 Å². The summed E-state index contributed by atoms with van der Waals surface area (Å²) in [5.41, 5.74) is 0.821. The molecule has 0 radical (unpaired) electrons. The van der Waals surface area contributed by atoms with Gasteiger partial charge in [0.1, 0.15) is 5.75 Å². The fourth-order valence-corrected chi connectivity index (χ4v) is 2.55. The van der Waals surface area contributed by atoms with Crippen LogP contribution in [0.15, 0.2) is 18.2 Å². The molecule has 0 unspecified atom stereocenters. The zero-order valence-electron chi connectivity index (χ0n) is 8.36. The topological polar surface area (TPSA) is 49.7 Å². The lowest BCUT2D eigenvalue weighted by Gasteiger charge is -2.03. The van der Waals surface area contributed by atoms with Gasteiger partial charge in [0.2, 0.25) is 0 Å². The summed E-state index contributed by atoms with van der Waals surface area (Å²) in [5.74, 6) is 0.751. The van der Waals surface area contributed by atoms with Crippen molar-refractivity contribution < 1.29 is 14.9 Å². The number of methoxy groups -OCH3 is 1. The highest BCUT2D eigenvalue weighted by Crippen LogP contribution is 2.34. The second-order valence-electron chi connectivity index (χ2n) is 3.25. The van der Waals surface area contributed by atoms with E-state index in [-0.39, 0.29) is 13.2 Å². The lowest BCUT2D eigenvalue weighted by atomic mass is 10.1. The summed E-state index contributed by atoms with van der Waals surface area (Å²) in [5, 5.41) is 19.1. The summed E-state index contributed by atoms with van der Waals surface area (Å²) in [4.78, 5) is 0.901. The number of thiophene rings is 1. The number of ether oxygens (including phenoxy) is 1. The van der Waals surface area contributed by atoms with E-state index in [0.717, 1.165) is 26.3 Å². The fourth-order valence-electron chi connectivity index (χ4n) is 1.55. The molecule has 2 aromatic rings. The highest BCUT2D eigenvalue weighted by molar-refractivity contribution is 7.19. The summed E-state index contributed by atoms with van der Waals surface area (Å²) in [6.07, 6.45) is 0. The monoisotopic (exact) mass is 224 g/mol. The van der Waals surface area contributed by atoms with Gasteiger partial charge in [-0.2, -0.15) is 0 Å². The molecule has 2 rings (SSSR count). The van der Waals surface area contributed by atoms with Crippen LogP contribution >= 0.6 is 11.3 Å². The summed E-state index contributed by atoms with van der Waals surface area (Å²) < 4.78 is 6.26. The van der Waals surface area contributed by atoms with Gasteiger partial charge in [0.05, 0.1) is 25.0 Å². The molecule has 0 aliphatic carbocycles. The minimum absolute atomic E-state index is 0.00337. The Morgan fingerprint density at radius 3 is 2.60 bits per heavy atom. The van der Waals surface area contributed by atoms with E-state index in [1.54, 1.807) is 7.11 Å². The first-order chi connectivity index (χ1) is 7.28. The van der Waals surface area contributed by atoms with Crippen molar-refractivity contribution in [2.75, 3.05) is 7.11 Å². The summed E-state index contributed by atoms with van der Waals surface area (Å²) >= 11 is 1.51.